The van der Waals surface area contributed by atoms with Gasteiger partial charge >= 0.3 is 0 Å². The van der Waals surface area contributed by atoms with Gasteiger partial charge in [0, 0.05) is 11.3 Å². The number of aryl methyl sites for hydroxylation is 1. The molecule has 5 heteroatoms. The van der Waals surface area contributed by atoms with Gasteiger partial charge in [-0.25, -0.2) is 0 Å². The molecule has 0 aliphatic carbocycles. The number of rotatable bonds is 6. The number of carbonyl (C=O) groups is 2. The first-order valence-corrected chi connectivity index (χ1v) is 8.23. The summed E-state index contributed by atoms with van der Waals surface area (Å²) in [6.07, 6.45) is 0. The second-order valence-corrected chi connectivity index (χ2v) is 6.28. The molecule has 0 saturated carbocycles. The largest absolute Gasteiger partial charge is 0.497 e. The van der Waals surface area contributed by atoms with Crippen LogP contribution in [0.1, 0.15) is 29.8 Å². The Balaban J connectivity index is 2.06. The molecule has 1 unspecified atom stereocenters. The molecular weight excluding hydrogens is 316 g/mol. The summed E-state index contributed by atoms with van der Waals surface area (Å²) >= 11 is 0. The second-order valence-electron chi connectivity index (χ2n) is 6.28. The van der Waals surface area contributed by atoms with E-state index in [0.29, 0.717) is 17.0 Å². The van der Waals surface area contributed by atoms with Gasteiger partial charge in [0.15, 0.2) is 0 Å². The molecular formula is C20H24N2O3. The third kappa shape index (κ3) is 5.08. The first kappa shape index (κ1) is 18.5. The summed E-state index contributed by atoms with van der Waals surface area (Å²) in [6.45, 7) is 5.75. The number of anilines is 1. The number of hydrogen-bond donors (Lipinski definition) is 2. The minimum atomic E-state index is -0.629. The summed E-state index contributed by atoms with van der Waals surface area (Å²) in [6, 6.07) is 13.7. The van der Waals surface area contributed by atoms with E-state index < -0.39 is 6.04 Å². The van der Waals surface area contributed by atoms with Crippen LogP contribution in [-0.2, 0) is 4.79 Å². The molecule has 0 spiro atoms. The molecule has 0 fully saturated rings. The Kier molecular flexibility index (Phi) is 6.17. The van der Waals surface area contributed by atoms with Crippen LogP contribution in [0.15, 0.2) is 48.5 Å². The van der Waals surface area contributed by atoms with Crippen LogP contribution in [0.25, 0.3) is 0 Å². The highest BCUT2D eigenvalue weighted by atomic mass is 16.5. The molecule has 132 valence electrons. The molecule has 0 saturated heterocycles. The zero-order valence-corrected chi connectivity index (χ0v) is 15.0. The Morgan fingerprint density at radius 3 is 2.08 bits per heavy atom. The van der Waals surface area contributed by atoms with Crippen molar-refractivity contribution in [3.05, 3.63) is 59.7 Å². The minimum Gasteiger partial charge on any atom is -0.497 e. The molecule has 2 aromatic rings. The molecule has 2 amide bonds. The normalized spacial score (nSPS) is 11.7. The molecule has 25 heavy (non-hydrogen) atoms. The van der Waals surface area contributed by atoms with E-state index in [1.165, 1.54) is 0 Å². The van der Waals surface area contributed by atoms with Gasteiger partial charge in [-0.3, -0.25) is 9.59 Å². The van der Waals surface area contributed by atoms with Crippen molar-refractivity contribution in [2.24, 2.45) is 5.92 Å². The summed E-state index contributed by atoms with van der Waals surface area (Å²) in [5.41, 5.74) is 2.27. The van der Waals surface area contributed by atoms with E-state index in [0.717, 1.165) is 5.56 Å². The molecule has 2 rings (SSSR count). The van der Waals surface area contributed by atoms with Gasteiger partial charge in [-0.1, -0.05) is 31.5 Å². The highest BCUT2D eigenvalue weighted by Crippen LogP contribution is 2.16. The maximum absolute atomic E-state index is 12.6. The first-order valence-electron chi connectivity index (χ1n) is 8.23. The standard InChI is InChI=1S/C20H24N2O3/c1-13(2)18(22-19(23)15-7-5-14(3)6-8-15)20(24)21-16-9-11-17(25-4)12-10-16/h5-13,18H,1-4H3,(H,21,24)(H,22,23). The predicted molar refractivity (Wildman–Crippen MR) is 98.9 cm³/mol. The number of ether oxygens (including phenoxy) is 1. The quantitative estimate of drug-likeness (QED) is 0.847. The summed E-state index contributed by atoms with van der Waals surface area (Å²) < 4.78 is 5.10. The van der Waals surface area contributed by atoms with Crippen molar-refractivity contribution >= 4 is 17.5 Å². The fourth-order valence-corrected chi connectivity index (χ4v) is 2.36. The Morgan fingerprint density at radius 2 is 1.56 bits per heavy atom. The monoisotopic (exact) mass is 340 g/mol. The van der Waals surface area contributed by atoms with E-state index in [1.807, 2.05) is 32.9 Å². The van der Waals surface area contributed by atoms with Gasteiger partial charge in [0.2, 0.25) is 5.91 Å². The van der Waals surface area contributed by atoms with Crippen molar-refractivity contribution < 1.29 is 14.3 Å². The maximum atomic E-state index is 12.6. The lowest BCUT2D eigenvalue weighted by atomic mass is 10.0. The van der Waals surface area contributed by atoms with Gasteiger partial charge in [0.05, 0.1) is 7.11 Å². The van der Waals surface area contributed by atoms with Gasteiger partial charge in [-0.15, -0.1) is 0 Å². The van der Waals surface area contributed by atoms with Gasteiger partial charge < -0.3 is 15.4 Å². The highest BCUT2D eigenvalue weighted by molar-refractivity contribution is 6.01. The number of benzene rings is 2. The number of amides is 2. The molecule has 0 aromatic heterocycles. The van der Waals surface area contributed by atoms with Gasteiger partial charge in [0.1, 0.15) is 11.8 Å². The molecule has 0 aliphatic rings. The Morgan fingerprint density at radius 1 is 0.960 bits per heavy atom. The fraction of sp³-hybridized carbons (Fsp3) is 0.300. The van der Waals surface area contributed by atoms with Crippen LogP contribution in [0.2, 0.25) is 0 Å². The molecule has 1 atom stereocenters. The van der Waals surface area contributed by atoms with Crippen molar-refractivity contribution in [2.45, 2.75) is 26.8 Å². The third-order valence-corrected chi connectivity index (χ3v) is 3.91. The average molecular weight is 340 g/mol. The number of hydrogen-bond acceptors (Lipinski definition) is 3. The van der Waals surface area contributed by atoms with Gasteiger partial charge in [-0.05, 0) is 49.2 Å². The minimum absolute atomic E-state index is 0.0485. The van der Waals surface area contributed by atoms with Crippen molar-refractivity contribution in [2.75, 3.05) is 12.4 Å². The van der Waals surface area contributed by atoms with Gasteiger partial charge in [-0.2, -0.15) is 0 Å². The molecule has 2 N–H and O–H groups in total. The SMILES string of the molecule is COc1ccc(NC(=O)C(NC(=O)c2ccc(C)cc2)C(C)C)cc1. The summed E-state index contributed by atoms with van der Waals surface area (Å²) in [7, 11) is 1.59. The highest BCUT2D eigenvalue weighted by Gasteiger charge is 2.24. The third-order valence-electron chi connectivity index (χ3n) is 3.91. The molecule has 0 radical (unpaired) electrons. The van der Waals surface area contributed by atoms with E-state index in [-0.39, 0.29) is 17.7 Å². The van der Waals surface area contributed by atoms with Crippen molar-refractivity contribution in [1.82, 2.24) is 5.32 Å². The Labute approximate surface area is 148 Å². The van der Waals surface area contributed by atoms with Crippen molar-refractivity contribution in [3.8, 4) is 5.75 Å². The molecule has 0 bridgehead atoms. The van der Waals surface area contributed by atoms with Crippen LogP contribution in [0.5, 0.6) is 5.75 Å². The first-order chi connectivity index (χ1) is 11.9. The zero-order chi connectivity index (χ0) is 18.4. The smallest absolute Gasteiger partial charge is 0.251 e. The van der Waals surface area contributed by atoms with Crippen molar-refractivity contribution in [1.29, 1.82) is 0 Å². The van der Waals surface area contributed by atoms with E-state index in [2.05, 4.69) is 10.6 Å². The molecule has 0 heterocycles. The Hall–Kier alpha value is -2.82. The topological polar surface area (TPSA) is 67.4 Å². The van der Waals surface area contributed by atoms with Crippen LogP contribution in [-0.4, -0.2) is 25.0 Å². The van der Waals surface area contributed by atoms with Crippen LogP contribution in [0, 0.1) is 12.8 Å². The lowest BCUT2D eigenvalue weighted by molar-refractivity contribution is -0.118. The van der Waals surface area contributed by atoms with Crippen LogP contribution in [0.3, 0.4) is 0 Å². The zero-order valence-electron chi connectivity index (χ0n) is 15.0. The molecule has 5 nitrogen and oxygen atoms in total. The number of nitrogens with one attached hydrogen (secondary N) is 2. The van der Waals surface area contributed by atoms with Crippen molar-refractivity contribution in [3.63, 3.8) is 0 Å². The maximum Gasteiger partial charge on any atom is 0.251 e. The predicted octanol–water partition coefficient (Wildman–Crippen LogP) is 3.40. The average Bonchev–Trinajstić information content (AvgIpc) is 2.60. The van der Waals surface area contributed by atoms with E-state index in [9.17, 15) is 9.59 Å². The summed E-state index contributed by atoms with van der Waals surface area (Å²) in [5, 5.41) is 5.65. The second kappa shape index (κ2) is 8.33. The number of methoxy groups -OCH3 is 1. The van der Waals surface area contributed by atoms with E-state index in [4.69, 9.17) is 4.74 Å². The molecule has 2 aromatic carbocycles. The van der Waals surface area contributed by atoms with E-state index in [1.54, 1.807) is 43.5 Å². The van der Waals surface area contributed by atoms with Gasteiger partial charge in [0.25, 0.3) is 5.91 Å². The fourth-order valence-electron chi connectivity index (χ4n) is 2.36. The summed E-state index contributed by atoms with van der Waals surface area (Å²) in [5.74, 6) is 0.155. The molecule has 0 aliphatic heterocycles. The number of carbonyl (C=O) groups excluding carboxylic acids is 2. The lowest BCUT2D eigenvalue weighted by Crippen LogP contribution is -2.47. The Bertz CT molecular complexity index is 722. The lowest BCUT2D eigenvalue weighted by Gasteiger charge is -2.22. The van der Waals surface area contributed by atoms with Crippen LogP contribution < -0.4 is 15.4 Å². The van der Waals surface area contributed by atoms with Crippen LogP contribution >= 0.6 is 0 Å². The summed E-state index contributed by atoms with van der Waals surface area (Å²) in [4.78, 5) is 25.0. The van der Waals surface area contributed by atoms with Crippen LogP contribution in [0.4, 0.5) is 5.69 Å². The van der Waals surface area contributed by atoms with E-state index >= 15 is 0 Å².